The number of phenols is 1. The number of benzene rings is 2. The van der Waals surface area contributed by atoms with E-state index in [4.69, 9.17) is 4.52 Å². The minimum absolute atomic E-state index is 0.00175. The number of nitrogens with one attached hydrogen (secondary N) is 2. The van der Waals surface area contributed by atoms with E-state index in [1.807, 2.05) is 0 Å². The molecule has 1 aromatic heterocycles. The first-order valence-electron chi connectivity index (χ1n) is 8.40. The highest BCUT2D eigenvalue weighted by Crippen LogP contribution is 2.20. The Balaban J connectivity index is 1.71. The van der Waals surface area contributed by atoms with Gasteiger partial charge in [-0.15, -0.1) is 0 Å². The molecule has 3 rings (SSSR count). The molecule has 0 unspecified atom stereocenters. The lowest BCUT2D eigenvalue weighted by atomic mass is 10.1. The molecule has 0 saturated heterocycles. The lowest BCUT2D eigenvalue weighted by Crippen LogP contribution is -2.40. The predicted octanol–water partition coefficient (Wildman–Crippen LogP) is 1.91. The van der Waals surface area contributed by atoms with Crippen molar-refractivity contribution in [1.29, 1.82) is 0 Å². The summed E-state index contributed by atoms with van der Waals surface area (Å²) in [6, 6.07) is 11.7. The minimum Gasteiger partial charge on any atom is -0.508 e. The predicted molar refractivity (Wildman–Crippen MR) is 100.0 cm³/mol. The largest absolute Gasteiger partial charge is 0.508 e. The van der Waals surface area contributed by atoms with Gasteiger partial charge < -0.3 is 25.4 Å². The molecule has 0 saturated carbocycles. The highest BCUT2D eigenvalue weighted by atomic mass is 16.5. The Labute approximate surface area is 160 Å². The van der Waals surface area contributed by atoms with Crippen molar-refractivity contribution >= 4 is 17.6 Å². The molecule has 0 fully saturated rings. The molecule has 3 aromatic rings. The van der Waals surface area contributed by atoms with Crippen molar-refractivity contribution in [2.45, 2.75) is 12.5 Å². The number of aromatic nitrogens is 2. The van der Waals surface area contributed by atoms with Gasteiger partial charge in [-0.3, -0.25) is 4.79 Å². The molecule has 9 heteroatoms. The van der Waals surface area contributed by atoms with Crippen molar-refractivity contribution in [3.63, 3.8) is 0 Å². The first kappa shape index (κ1) is 19.1. The van der Waals surface area contributed by atoms with Gasteiger partial charge in [0.05, 0.1) is 23.7 Å². The summed E-state index contributed by atoms with van der Waals surface area (Å²) in [6.45, 7) is 0. The summed E-state index contributed by atoms with van der Waals surface area (Å²) >= 11 is 0. The smallest absolute Gasteiger partial charge is 0.337 e. The maximum absolute atomic E-state index is 12.6. The summed E-state index contributed by atoms with van der Waals surface area (Å²) in [6.07, 6.45) is 0.114. The van der Waals surface area contributed by atoms with Crippen LogP contribution in [0.25, 0.3) is 11.4 Å². The number of likely N-dealkylation sites (N-methyl/N-ethyl adjacent to an activating group) is 1. The van der Waals surface area contributed by atoms with Crippen LogP contribution in [0.1, 0.15) is 16.2 Å². The SMILES string of the molecule is CN[C@@H](Cc1nc(-c2ccc(O)cc2)no1)C(=O)Nc1ccccc1C(=O)O. The monoisotopic (exact) mass is 382 g/mol. The van der Waals surface area contributed by atoms with Crippen LogP contribution in [0.15, 0.2) is 53.1 Å². The molecule has 1 atom stereocenters. The summed E-state index contributed by atoms with van der Waals surface area (Å²) in [4.78, 5) is 28.1. The first-order valence-corrected chi connectivity index (χ1v) is 8.40. The third kappa shape index (κ3) is 4.33. The number of carbonyl (C=O) groups excluding carboxylic acids is 1. The number of carboxylic acid groups (broad SMARTS) is 1. The number of carbonyl (C=O) groups is 2. The zero-order chi connectivity index (χ0) is 20.1. The molecule has 144 valence electrons. The molecule has 0 aliphatic carbocycles. The summed E-state index contributed by atoms with van der Waals surface area (Å²) in [5, 5.41) is 27.9. The van der Waals surface area contributed by atoms with Crippen molar-refractivity contribution in [2.24, 2.45) is 0 Å². The van der Waals surface area contributed by atoms with Crippen molar-refractivity contribution < 1.29 is 24.3 Å². The van der Waals surface area contributed by atoms with Crippen LogP contribution in [-0.4, -0.2) is 45.3 Å². The van der Waals surface area contributed by atoms with Crippen LogP contribution in [0, 0.1) is 0 Å². The standard InChI is InChI=1S/C19H18N4O5/c1-20-15(18(25)21-14-5-3-2-4-13(14)19(26)27)10-16-22-17(23-28-16)11-6-8-12(24)9-7-11/h2-9,15,20,24H,10H2,1H3,(H,21,25)(H,26,27)/t15-/m0/s1. The number of anilines is 1. The van der Waals surface area contributed by atoms with Gasteiger partial charge in [0.1, 0.15) is 5.75 Å². The number of hydrogen-bond donors (Lipinski definition) is 4. The van der Waals surface area contributed by atoms with E-state index in [9.17, 15) is 19.8 Å². The van der Waals surface area contributed by atoms with E-state index in [2.05, 4.69) is 20.8 Å². The minimum atomic E-state index is -1.13. The van der Waals surface area contributed by atoms with E-state index in [0.717, 1.165) is 0 Å². The number of phenolic OH excluding ortho intramolecular Hbond substituents is 1. The van der Waals surface area contributed by atoms with Gasteiger partial charge in [-0.1, -0.05) is 17.3 Å². The van der Waals surface area contributed by atoms with Gasteiger partial charge in [0.15, 0.2) is 0 Å². The number of hydrogen-bond acceptors (Lipinski definition) is 7. The molecular formula is C19H18N4O5. The lowest BCUT2D eigenvalue weighted by Gasteiger charge is -2.15. The third-order valence-electron chi connectivity index (χ3n) is 4.05. The van der Waals surface area contributed by atoms with Gasteiger partial charge in [0.25, 0.3) is 0 Å². The molecule has 0 spiro atoms. The van der Waals surface area contributed by atoms with E-state index < -0.39 is 17.9 Å². The molecule has 1 amide bonds. The maximum atomic E-state index is 12.6. The molecule has 4 N–H and O–H groups in total. The van der Waals surface area contributed by atoms with Gasteiger partial charge in [-0.25, -0.2) is 4.79 Å². The lowest BCUT2D eigenvalue weighted by molar-refractivity contribution is -0.118. The van der Waals surface area contributed by atoms with Crippen LogP contribution in [-0.2, 0) is 11.2 Å². The fourth-order valence-corrected chi connectivity index (χ4v) is 2.56. The molecule has 28 heavy (non-hydrogen) atoms. The van der Waals surface area contributed by atoms with Crippen molar-refractivity contribution in [3.05, 3.63) is 60.0 Å². The molecular weight excluding hydrogens is 364 g/mol. The molecule has 0 aliphatic heterocycles. The van der Waals surface area contributed by atoms with Crippen molar-refractivity contribution in [2.75, 3.05) is 12.4 Å². The zero-order valence-electron chi connectivity index (χ0n) is 14.9. The molecule has 0 aliphatic rings. The van der Waals surface area contributed by atoms with Gasteiger partial charge in [-0.05, 0) is 43.4 Å². The Hall–Kier alpha value is -3.72. The number of aromatic hydroxyl groups is 1. The van der Waals surface area contributed by atoms with E-state index >= 15 is 0 Å². The molecule has 9 nitrogen and oxygen atoms in total. The number of aromatic carboxylic acids is 1. The van der Waals surface area contributed by atoms with Crippen molar-refractivity contribution in [3.8, 4) is 17.1 Å². The fraction of sp³-hybridized carbons (Fsp3) is 0.158. The number of carboxylic acids is 1. The Morgan fingerprint density at radius 3 is 2.54 bits per heavy atom. The fourth-order valence-electron chi connectivity index (χ4n) is 2.56. The van der Waals surface area contributed by atoms with Crippen LogP contribution in [0.2, 0.25) is 0 Å². The molecule has 2 aromatic carbocycles. The Kier molecular flexibility index (Phi) is 5.66. The summed E-state index contributed by atoms with van der Waals surface area (Å²) in [7, 11) is 1.60. The quantitative estimate of drug-likeness (QED) is 0.486. The summed E-state index contributed by atoms with van der Waals surface area (Å²) < 4.78 is 5.21. The number of para-hydroxylation sites is 1. The Morgan fingerprint density at radius 2 is 1.86 bits per heavy atom. The number of nitrogens with zero attached hydrogens (tertiary/aromatic N) is 2. The van der Waals surface area contributed by atoms with Crippen LogP contribution >= 0.6 is 0 Å². The summed E-state index contributed by atoms with van der Waals surface area (Å²) in [5.74, 6) is -0.862. The van der Waals surface area contributed by atoms with Crippen LogP contribution in [0.4, 0.5) is 5.69 Å². The van der Waals surface area contributed by atoms with Gasteiger partial charge in [0.2, 0.25) is 17.6 Å². The van der Waals surface area contributed by atoms with Gasteiger partial charge in [0, 0.05) is 5.56 Å². The maximum Gasteiger partial charge on any atom is 0.337 e. The molecule has 0 bridgehead atoms. The highest BCUT2D eigenvalue weighted by Gasteiger charge is 2.22. The number of rotatable bonds is 7. The first-order chi connectivity index (χ1) is 13.5. The number of amides is 1. The molecule has 1 heterocycles. The average molecular weight is 382 g/mol. The normalized spacial score (nSPS) is 11.8. The van der Waals surface area contributed by atoms with E-state index in [-0.39, 0.29) is 29.3 Å². The average Bonchev–Trinajstić information content (AvgIpc) is 3.15. The van der Waals surface area contributed by atoms with E-state index in [1.165, 1.54) is 24.3 Å². The summed E-state index contributed by atoms with van der Waals surface area (Å²) in [5.41, 5.74) is 0.863. The van der Waals surface area contributed by atoms with Crippen LogP contribution in [0.3, 0.4) is 0 Å². The topological polar surface area (TPSA) is 138 Å². The highest BCUT2D eigenvalue weighted by molar-refractivity contribution is 6.02. The van der Waals surface area contributed by atoms with E-state index in [0.29, 0.717) is 11.4 Å². The molecule has 0 radical (unpaired) electrons. The van der Waals surface area contributed by atoms with Gasteiger partial charge in [-0.2, -0.15) is 4.98 Å². The zero-order valence-corrected chi connectivity index (χ0v) is 14.9. The van der Waals surface area contributed by atoms with Crippen LogP contribution in [0.5, 0.6) is 5.75 Å². The second-order valence-corrected chi connectivity index (χ2v) is 5.94. The van der Waals surface area contributed by atoms with Crippen LogP contribution < -0.4 is 10.6 Å². The third-order valence-corrected chi connectivity index (χ3v) is 4.05. The Morgan fingerprint density at radius 1 is 1.14 bits per heavy atom. The second-order valence-electron chi connectivity index (χ2n) is 5.94. The van der Waals surface area contributed by atoms with E-state index in [1.54, 1.807) is 31.3 Å². The van der Waals surface area contributed by atoms with Gasteiger partial charge >= 0.3 is 5.97 Å². The Bertz CT molecular complexity index is 984. The van der Waals surface area contributed by atoms with Crippen molar-refractivity contribution in [1.82, 2.24) is 15.5 Å². The second kappa shape index (κ2) is 8.31.